The summed E-state index contributed by atoms with van der Waals surface area (Å²) in [4.78, 5) is 17.1. The van der Waals surface area contributed by atoms with E-state index in [1.165, 1.54) is 6.39 Å². The van der Waals surface area contributed by atoms with E-state index in [9.17, 15) is 9.90 Å². The molecule has 2 atom stereocenters. The number of oxazole rings is 1. The normalized spacial score (nSPS) is 25.2. The molecule has 0 radical (unpaired) electrons. The molecule has 6 heteroatoms. The zero-order valence-electron chi connectivity index (χ0n) is 9.70. The molecular weight excluding hydrogens is 224 g/mol. The molecule has 0 aromatic carbocycles. The monoisotopic (exact) mass is 240 g/mol. The maximum absolute atomic E-state index is 11.2. The van der Waals surface area contributed by atoms with Crippen LogP contribution in [0, 0.1) is 5.92 Å². The van der Waals surface area contributed by atoms with Crippen LogP contribution in [-0.2, 0) is 9.53 Å². The summed E-state index contributed by atoms with van der Waals surface area (Å²) in [5.74, 6) is -0.685. The van der Waals surface area contributed by atoms with Crippen LogP contribution >= 0.6 is 0 Å². The molecule has 1 aliphatic rings. The summed E-state index contributed by atoms with van der Waals surface area (Å²) in [5, 5.41) is 9.21. The first-order chi connectivity index (χ1) is 8.22. The van der Waals surface area contributed by atoms with Gasteiger partial charge in [0.2, 0.25) is 0 Å². The van der Waals surface area contributed by atoms with Crippen LogP contribution in [0.1, 0.15) is 11.7 Å². The van der Waals surface area contributed by atoms with E-state index < -0.39 is 11.9 Å². The number of rotatable bonds is 5. The Labute approximate surface area is 99.2 Å². The molecule has 2 heterocycles. The van der Waals surface area contributed by atoms with Crippen molar-refractivity contribution in [3.8, 4) is 0 Å². The van der Waals surface area contributed by atoms with Crippen LogP contribution in [0.4, 0.5) is 0 Å². The second-order valence-electron chi connectivity index (χ2n) is 4.21. The van der Waals surface area contributed by atoms with Gasteiger partial charge in [0.25, 0.3) is 0 Å². The van der Waals surface area contributed by atoms with Crippen molar-refractivity contribution in [3.05, 3.63) is 18.4 Å². The first kappa shape index (κ1) is 12.1. The van der Waals surface area contributed by atoms with E-state index in [4.69, 9.17) is 9.15 Å². The fraction of sp³-hybridized carbons (Fsp3) is 0.636. The lowest BCUT2D eigenvalue weighted by Crippen LogP contribution is -2.26. The van der Waals surface area contributed by atoms with Gasteiger partial charge in [0.15, 0.2) is 6.39 Å². The van der Waals surface area contributed by atoms with Gasteiger partial charge in [0, 0.05) is 32.7 Å². The maximum atomic E-state index is 11.2. The molecule has 6 nitrogen and oxygen atoms in total. The van der Waals surface area contributed by atoms with Crippen molar-refractivity contribution in [1.82, 2.24) is 9.88 Å². The van der Waals surface area contributed by atoms with Crippen LogP contribution in [-0.4, -0.2) is 54.3 Å². The van der Waals surface area contributed by atoms with Crippen LogP contribution in [0.3, 0.4) is 0 Å². The van der Waals surface area contributed by atoms with E-state index in [0.29, 0.717) is 25.5 Å². The van der Waals surface area contributed by atoms with Gasteiger partial charge in [-0.05, 0) is 0 Å². The fourth-order valence-corrected chi connectivity index (χ4v) is 2.24. The number of aromatic nitrogens is 1. The van der Waals surface area contributed by atoms with Gasteiger partial charge >= 0.3 is 5.97 Å². The van der Waals surface area contributed by atoms with Crippen molar-refractivity contribution in [3.63, 3.8) is 0 Å². The van der Waals surface area contributed by atoms with Crippen molar-refractivity contribution < 1.29 is 19.1 Å². The molecule has 1 aromatic rings. The van der Waals surface area contributed by atoms with Crippen LogP contribution in [0.15, 0.2) is 17.0 Å². The molecule has 2 rings (SSSR count). The average molecular weight is 240 g/mol. The van der Waals surface area contributed by atoms with Crippen LogP contribution in [0.25, 0.3) is 0 Å². The number of carbonyl (C=O) groups is 1. The highest BCUT2D eigenvalue weighted by molar-refractivity contribution is 5.72. The van der Waals surface area contributed by atoms with Crippen molar-refractivity contribution in [2.24, 2.45) is 5.92 Å². The minimum absolute atomic E-state index is 0.119. The van der Waals surface area contributed by atoms with E-state index in [0.717, 1.165) is 6.54 Å². The van der Waals surface area contributed by atoms with E-state index >= 15 is 0 Å². The van der Waals surface area contributed by atoms with Gasteiger partial charge < -0.3 is 14.3 Å². The van der Waals surface area contributed by atoms with Gasteiger partial charge in [-0.3, -0.25) is 9.69 Å². The zero-order chi connectivity index (χ0) is 12.3. The molecular formula is C11H16N2O4. The number of likely N-dealkylation sites (tertiary alicyclic amines) is 1. The molecule has 0 bridgehead atoms. The SMILES string of the molecule is COCCN1C[C@@H](C(=O)O)[C@H](c2cnco2)C1. The van der Waals surface area contributed by atoms with Crippen molar-refractivity contribution in [2.75, 3.05) is 33.4 Å². The quantitative estimate of drug-likeness (QED) is 0.804. The van der Waals surface area contributed by atoms with Crippen LogP contribution in [0.2, 0.25) is 0 Å². The Morgan fingerprint density at radius 1 is 1.71 bits per heavy atom. The minimum Gasteiger partial charge on any atom is -0.481 e. The van der Waals surface area contributed by atoms with Crippen molar-refractivity contribution >= 4 is 5.97 Å². The summed E-state index contributed by atoms with van der Waals surface area (Å²) < 4.78 is 10.2. The Balaban J connectivity index is 2.06. The highest BCUT2D eigenvalue weighted by atomic mass is 16.5. The molecule has 1 saturated heterocycles. The molecule has 1 N–H and O–H groups in total. The summed E-state index contributed by atoms with van der Waals surface area (Å²) in [7, 11) is 1.64. The molecule has 0 amide bonds. The van der Waals surface area contributed by atoms with Gasteiger partial charge in [0.1, 0.15) is 5.76 Å². The van der Waals surface area contributed by atoms with E-state index in [1.807, 2.05) is 0 Å². The first-order valence-corrected chi connectivity index (χ1v) is 5.55. The number of methoxy groups -OCH3 is 1. The fourth-order valence-electron chi connectivity index (χ4n) is 2.24. The molecule has 1 fully saturated rings. The zero-order valence-corrected chi connectivity index (χ0v) is 9.70. The number of nitrogens with zero attached hydrogens (tertiary/aromatic N) is 2. The Hall–Kier alpha value is -1.40. The van der Waals surface area contributed by atoms with E-state index in [2.05, 4.69) is 9.88 Å². The molecule has 1 aromatic heterocycles. The summed E-state index contributed by atoms with van der Waals surface area (Å²) >= 11 is 0. The molecule has 1 aliphatic heterocycles. The second kappa shape index (κ2) is 5.29. The Bertz CT molecular complexity index is 366. The number of carboxylic acid groups (broad SMARTS) is 1. The van der Waals surface area contributed by atoms with Gasteiger partial charge in [0.05, 0.1) is 18.7 Å². The standard InChI is InChI=1S/C11H16N2O4/c1-16-3-2-13-5-8(9(6-13)11(14)15)10-4-12-7-17-10/h4,7-9H,2-3,5-6H2,1H3,(H,14,15)/t8-,9-/m1/s1. The molecule has 0 aliphatic carbocycles. The average Bonchev–Trinajstić information content (AvgIpc) is 2.94. The van der Waals surface area contributed by atoms with Gasteiger partial charge in [-0.1, -0.05) is 0 Å². The summed E-state index contributed by atoms with van der Waals surface area (Å²) in [6.45, 7) is 2.56. The van der Waals surface area contributed by atoms with Crippen molar-refractivity contribution in [1.29, 1.82) is 0 Å². The lowest BCUT2D eigenvalue weighted by molar-refractivity contribution is -0.141. The third kappa shape index (κ3) is 2.65. The van der Waals surface area contributed by atoms with Gasteiger partial charge in [-0.15, -0.1) is 0 Å². The largest absolute Gasteiger partial charge is 0.481 e. The van der Waals surface area contributed by atoms with E-state index in [-0.39, 0.29) is 5.92 Å². The predicted octanol–water partition coefficient (Wildman–Crippen LogP) is 0.421. The Morgan fingerprint density at radius 2 is 2.53 bits per heavy atom. The molecule has 0 spiro atoms. The third-order valence-electron chi connectivity index (χ3n) is 3.14. The van der Waals surface area contributed by atoms with E-state index in [1.54, 1.807) is 13.3 Å². The first-order valence-electron chi connectivity index (χ1n) is 5.55. The highest BCUT2D eigenvalue weighted by Gasteiger charge is 2.39. The number of hydrogen-bond acceptors (Lipinski definition) is 5. The number of carboxylic acids is 1. The summed E-state index contributed by atoms with van der Waals surface area (Å²) in [5.41, 5.74) is 0. The minimum atomic E-state index is -0.786. The number of ether oxygens (including phenoxy) is 1. The molecule has 0 saturated carbocycles. The van der Waals surface area contributed by atoms with Gasteiger partial charge in [-0.2, -0.15) is 0 Å². The smallest absolute Gasteiger partial charge is 0.308 e. The van der Waals surface area contributed by atoms with Crippen LogP contribution in [0.5, 0.6) is 0 Å². The number of aliphatic carboxylic acids is 1. The summed E-state index contributed by atoms with van der Waals surface area (Å²) in [6, 6.07) is 0. The van der Waals surface area contributed by atoms with Crippen molar-refractivity contribution in [2.45, 2.75) is 5.92 Å². The second-order valence-corrected chi connectivity index (χ2v) is 4.21. The number of hydrogen-bond donors (Lipinski definition) is 1. The summed E-state index contributed by atoms with van der Waals surface area (Å²) in [6.07, 6.45) is 2.94. The molecule has 17 heavy (non-hydrogen) atoms. The topological polar surface area (TPSA) is 75.8 Å². The lowest BCUT2D eigenvalue weighted by atomic mass is 9.94. The molecule has 0 unspecified atom stereocenters. The Kier molecular flexibility index (Phi) is 3.75. The Morgan fingerprint density at radius 3 is 3.12 bits per heavy atom. The lowest BCUT2D eigenvalue weighted by Gasteiger charge is -2.13. The van der Waals surface area contributed by atoms with Crippen LogP contribution < -0.4 is 0 Å². The maximum Gasteiger partial charge on any atom is 0.308 e. The highest BCUT2D eigenvalue weighted by Crippen LogP contribution is 2.32. The molecule has 94 valence electrons. The third-order valence-corrected chi connectivity index (χ3v) is 3.14. The van der Waals surface area contributed by atoms with Gasteiger partial charge in [-0.25, -0.2) is 4.98 Å². The predicted molar refractivity (Wildman–Crippen MR) is 58.7 cm³/mol.